The lowest BCUT2D eigenvalue weighted by molar-refractivity contribution is -0.121. The van der Waals surface area contributed by atoms with Gasteiger partial charge in [0.15, 0.2) is 5.69 Å². The number of carbonyl (C=O) groups excluding carboxylic acids is 1. The molecule has 0 aliphatic rings. The minimum Gasteiger partial charge on any atom is -0.476 e. The van der Waals surface area contributed by atoms with E-state index in [4.69, 9.17) is 5.11 Å². The van der Waals surface area contributed by atoms with Gasteiger partial charge in [0.2, 0.25) is 5.91 Å². The molecule has 20 heavy (non-hydrogen) atoms. The van der Waals surface area contributed by atoms with Crippen molar-refractivity contribution in [3.63, 3.8) is 0 Å². The minimum atomic E-state index is -1.11. The Labute approximate surface area is 115 Å². The largest absolute Gasteiger partial charge is 0.476 e. The van der Waals surface area contributed by atoms with Crippen LogP contribution in [-0.4, -0.2) is 43.1 Å². The number of carbonyl (C=O) groups is 2. The summed E-state index contributed by atoms with van der Waals surface area (Å²) in [7, 11) is 0. The van der Waals surface area contributed by atoms with Gasteiger partial charge in [-0.05, 0) is 18.6 Å². The van der Waals surface area contributed by atoms with Crippen molar-refractivity contribution in [2.45, 2.75) is 19.5 Å². The van der Waals surface area contributed by atoms with Crippen LogP contribution in [0, 0.1) is 0 Å². The van der Waals surface area contributed by atoms with Crippen LogP contribution >= 0.6 is 0 Å². The van der Waals surface area contributed by atoms with Crippen molar-refractivity contribution in [2.75, 3.05) is 6.54 Å². The topological polar surface area (TPSA) is 102 Å². The first kappa shape index (κ1) is 13.8. The van der Waals surface area contributed by atoms with Crippen molar-refractivity contribution >= 4 is 11.9 Å². The summed E-state index contributed by atoms with van der Waals surface area (Å²) in [4.78, 5) is 22.2. The molecular formula is C12H15N5O3. The molecule has 8 heteroatoms. The van der Waals surface area contributed by atoms with Gasteiger partial charge in [0.05, 0.1) is 0 Å². The van der Waals surface area contributed by atoms with Gasteiger partial charge >= 0.3 is 5.97 Å². The maximum absolute atomic E-state index is 11.6. The van der Waals surface area contributed by atoms with E-state index in [1.165, 1.54) is 16.9 Å². The van der Waals surface area contributed by atoms with Crippen molar-refractivity contribution in [1.29, 1.82) is 0 Å². The van der Waals surface area contributed by atoms with E-state index in [9.17, 15) is 9.59 Å². The van der Waals surface area contributed by atoms with Crippen LogP contribution < -0.4 is 5.32 Å². The highest BCUT2D eigenvalue weighted by Gasteiger charge is 2.08. The molecule has 0 spiro atoms. The summed E-state index contributed by atoms with van der Waals surface area (Å²) in [6.45, 7) is 1.28. The smallest absolute Gasteiger partial charge is 0.356 e. The van der Waals surface area contributed by atoms with Crippen molar-refractivity contribution < 1.29 is 14.7 Å². The van der Waals surface area contributed by atoms with E-state index in [1.54, 1.807) is 10.9 Å². The van der Waals surface area contributed by atoms with Gasteiger partial charge in [-0.25, -0.2) is 4.79 Å². The number of carboxylic acid groups (broad SMARTS) is 1. The first-order valence-corrected chi connectivity index (χ1v) is 6.16. The van der Waals surface area contributed by atoms with Gasteiger partial charge in [-0.15, -0.1) is 0 Å². The van der Waals surface area contributed by atoms with E-state index in [2.05, 4.69) is 15.5 Å². The molecule has 1 amide bonds. The Morgan fingerprint density at radius 1 is 1.30 bits per heavy atom. The average molecular weight is 277 g/mol. The number of aryl methyl sites for hydroxylation is 1. The van der Waals surface area contributed by atoms with E-state index in [0.717, 1.165) is 13.0 Å². The second kappa shape index (κ2) is 6.50. The van der Waals surface area contributed by atoms with Crippen molar-refractivity contribution in [2.24, 2.45) is 0 Å². The third kappa shape index (κ3) is 3.94. The van der Waals surface area contributed by atoms with Crippen LogP contribution in [0.25, 0.3) is 0 Å². The normalized spacial score (nSPS) is 10.4. The van der Waals surface area contributed by atoms with Crippen molar-refractivity contribution in [3.8, 4) is 0 Å². The zero-order chi connectivity index (χ0) is 14.4. The summed E-state index contributed by atoms with van der Waals surface area (Å²) in [6.07, 6.45) is 5.80. The number of aromatic carboxylic acids is 1. The van der Waals surface area contributed by atoms with Crippen LogP contribution in [-0.2, 0) is 17.9 Å². The first-order valence-electron chi connectivity index (χ1n) is 6.16. The van der Waals surface area contributed by atoms with Crippen LogP contribution in [0.3, 0.4) is 0 Å². The maximum Gasteiger partial charge on any atom is 0.356 e. The molecule has 2 aromatic heterocycles. The number of nitrogens with zero attached hydrogens (tertiary/aromatic N) is 4. The number of amides is 1. The van der Waals surface area contributed by atoms with Crippen molar-refractivity contribution in [1.82, 2.24) is 24.9 Å². The van der Waals surface area contributed by atoms with Gasteiger partial charge in [0, 0.05) is 31.7 Å². The van der Waals surface area contributed by atoms with E-state index in [-0.39, 0.29) is 18.1 Å². The highest BCUT2D eigenvalue weighted by Crippen LogP contribution is 1.95. The summed E-state index contributed by atoms with van der Waals surface area (Å²) in [5, 5.41) is 19.3. The van der Waals surface area contributed by atoms with E-state index >= 15 is 0 Å². The van der Waals surface area contributed by atoms with Gasteiger partial charge in [-0.1, -0.05) is 0 Å². The molecule has 2 aromatic rings. The summed E-state index contributed by atoms with van der Waals surface area (Å²) in [5.41, 5.74) is -0.0727. The zero-order valence-corrected chi connectivity index (χ0v) is 10.8. The Bertz CT molecular complexity index is 576. The van der Waals surface area contributed by atoms with E-state index < -0.39 is 5.97 Å². The fourth-order valence-corrected chi connectivity index (χ4v) is 1.67. The highest BCUT2D eigenvalue weighted by molar-refractivity contribution is 5.85. The van der Waals surface area contributed by atoms with E-state index in [0.29, 0.717) is 6.54 Å². The average Bonchev–Trinajstić information content (AvgIpc) is 3.05. The number of hydrogen-bond acceptors (Lipinski definition) is 4. The van der Waals surface area contributed by atoms with E-state index in [1.807, 2.05) is 12.3 Å². The van der Waals surface area contributed by atoms with Crippen LogP contribution in [0.1, 0.15) is 16.9 Å². The molecule has 0 aliphatic carbocycles. The Hall–Kier alpha value is -2.64. The monoisotopic (exact) mass is 277 g/mol. The Morgan fingerprint density at radius 2 is 2.15 bits per heavy atom. The summed E-state index contributed by atoms with van der Waals surface area (Å²) >= 11 is 0. The molecule has 2 N–H and O–H groups in total. The Morgan fingerprint density at radius 3 is 2.80 bits per heavy atom. The summed E-state index contributed by atoms with van der Waals surface area (Å²) < 4.78 is 3.09. The second-order valence-corrected chi connectivity index (χ2v) is 4.18. The molecule has 2 rings (SSSR count). The molecule has 106 valence electrons. The highest BCUT2D eigenvalue weighted by atomic mass is 16.4. The van der Waals surface area contributed by atoms with Crippen LogP contribution in [0.2, 0.25) is 0 Å². The fourth-order valence-electron chi connectivity index (χ4n) is 1.67. The predicted molar refractivity (Wildman–Crippen MR) is 69.0 cm³/mol. The molecule has 0 bridgehead atoms. The summed E-state index contributed by atoms with van der Waals surface area (Å²) in [5.74, 6) is -1.31. The quantitative estimate of drug-likeness (QED) is 0.693. The molecule has 0 radical (unpaired) electrons. The van der Waals surface area contributed by atoms with Gasteiger partial charge in [-0.2, -0.15) is 10.2 Å². The van der Waals surface area contributed by atoms with Crippen LogP contribution in [0.5, 0.6) is 0 Å². The Kier molecular flexibility index (Phi) is 4.48. The number of rotatable bonds is 7. The predicted octanol–water partition coefficient (Wildman–Crippen LogP) is -0.0157. The third-order valence-electron chi connectivity index (χ3n) is 2.61. The summed E-state index contributed by atoms with van der Waals surface area (Å²) in [6, 6.07) is 3.20. The maximum atomic E-state index is 11.6. The Balaban J connectivity index is 1.68. The van der Waals surface area contributed by atoms with Gasteiger partial charge in [0.1, 0.15) is 6.54 Å². The number of nitrogens with one attached hydrogen (secondary N) is 1. The molecule has 0 saturated carbocycles. The molecule has 0 aliphatic heterocycles. The van der Waals surface area contributed by atoms with Gasteiger partial charge < -0.3 is 10.4 Å². The molecule has 2 heterocycles. The molecular weight excluding hydrogens is 262 g/mol. The molecule has 0 saturated heterocycles. The second-order valence-electron chi connectivity index (χ2n) is 4.18. The number of aromatic nitrogens is 4. The molecule has 0 aromatic carbocycles. The zero-order valence-electron chi connectivity index (χ0n) is 10.8. The lowest BCUT2D eigenvalue weighted by atomic mass is 10.4. The standard InChI is InChI=1S/C12H15N5O3/c18-11(9-17-8-3-10(15-17)12(19)20)13-4-1-6-16-7-2-5-14-16/h2-3,5,7-8H,1,4,6,9H2,(H,13,18)(H,19,20). The lowest BCUT2D eigenvalue weighted by Crippen LogP contribution is -2.29. The first-order chi connectivity index (χ1) is 9.65. The molecule has 0 atom stereocenters. The SMILES string of the molecule is O=C(Cn1ccc(C(=O)O)n1)NCCCn1cccn1. The van der Waals surface area contributed by atoms with Crippen molar-refractivity contribution in [3.05, 3.63) is 36.4 Å². The minimum absolute atomic E-state index is 0.00898. The van der Waals surface area contributed by atoms with Crippen LogP contribution in [0.4, 0.5) is 0 Å². The lowest BCUT2D eigenvalue weighted by Gasteiger charge is -2.05. The van der Waals surface area contributed by atoms with Crippen LogP contribution in [0.15, 0.2) is 30.7 Å². The fraction of sp³-hybridized carbons (Fsp3) is 0.333. The number of hydrogen-bond donors (Lipinski definition) is 2. The third-order valence-corrected chi connectivity index (χ3v) is 2.61. The molecule has 0 unspecified atom stereocenters. The van der Waals surface area contributed by atoms with Gasteiger partial charge in [-0.3, -0.25) is 14.2 Å². The van der Waals surface area contributed by atoms with Gasteiger partial charge in [0.25, 0.3) is 0 Å². The number of carboxylic acids is 1. The molecule has 8 nitrogen and oxygen atoms in total. The molecule has 0 fully saturated rings.